The van der Waals surface area contributed by atoms with Crippen LogP contribution in [0.1, 0.15) is 20.3 Å². The van der Waals surface area contributed by atoms with Crippen LogP contribution >= 0.6 is 23.5 Å². The van der Waals surface area contributed by atoms with Gasteiger partial charge in [-0.3, -0.25) is 4.79 Å². The van der Waals surface area contributed by atoms with Gasteiger partial charge < -0.3 is 0 Å². The van der Waals surface area contributed by atoms with Crippen molar-refractivity contribution < 1.29 is 4.79 Å². The first-order chi connectivity index (χ1) is 4.20. The molecule has 1 atom stereocenters. The van der Waals surface area contributed by atoms with Gasteiger partial charge in [0.05, 0.1) is 4.58 Å². The van der Waals surface area contributed by atoms with Crippen LogP contribution < -0.4 is 0 Å². The predicted octanol–water partition coefficient (Wildman–Crippen LogP) is 2.37. The molecule has 0 radical (unpaired) electrons. The van der Waals surface area contributed by atoms with Crippen LogP contribution in [0.5, 0.6) is 0 Å². The van der Waals surface area contributed by atoms with Crippen LogP contribution in [0.15, 0.2) is 0 Å². The fourth-order valence-electron chi connectivity index (χ4n) is 0.483. The molecule has 1 nitrogen and oxygen atoms in total. The highest BCUT2D eigenvalue weighted by atomic mass is 32.2. The average Bonchev–Trinajstić information content (AvgIpc) is 1.82. The SMILES string of the molecule is CCC(SC)SC(C)=O. The minimum Gasteiger partial charge on any atom is -0.288 e. The Balaban J connectivity index is 3.43. The topological polar surface area (TPSA) is 17.1 Å². The van der Waals surface area contributed by atoms with E-state index in [9.17, 15) is 4.79 Å². The summed E-state index contributed by atoms with van der Waals surface area (Å²) in [5, 5.41) is 0.219. The molecular weight excluding hydrogens is 152 g/mol. The van der Waals surface area contributed by atoms with Gasteiger partial charge in [0.15, 0.2) is 5.12 Å². The minimum atomic E-state index is 0.219. The van der Waals surface area contributed by atoms with E-state index in [4.69, 9.17) is 0 Å². The first kappa shape index (κ1) is 9.37. The fraction of sp³-hybridized carbons (Fsp3) is 0.833. The van der Waals surface area contributed by atoms with Gasteiger partial charge in [-0.15, -0.1) is 0 Å². The number of rotatable bonds is 3. The third kappa shape index (κ3) is 4.85. The van der Waals surface area contributed by atoms with Crippen molar-refractivity contribution in [3.8, 4) is 0 Å². The Morgan fingerprint density at radius 2 is 2.22 bits per heavy atom. The zero-order valence-corrected chi connectivity index (χ0v) is 7.64. The van der Waals surface area contributed by atoms with Crippen molar-refractivity contribution in [2.24, 2.45) is 0 Å². The van der Waals surface area contributed by atoms with Crippen LogP contribution in [-0.2, 0) is 4.79 Å². The van der Waals surface area contributed by atoms with Gasteiger partial charge in [-0.2, -0.15) is 11.8 Å². The van der Waals surface area contributed by atoms with Gasteiger partial charge >= 0.3 is 0 Å². The predicted molar refractivity (Wildman–Crippen MR) is 45.9 cm³/mol. The molecule has 0 aliphatic carbocycles. The number of carbonyl (C=O) groups is 1. The standard InChI is InChI=1S/C6H12OS2/c1-4-6(8-3)9-5(2)7/h6H,4H2,1-3H3. The molecule has 0 spiro atoms. The summed E-state index contributed by atoms with van der Waals surface area (Å²) in [6.45, 7) is 3.71. The first-order valence-corrected chi connectivity index (χ1v) is 5.07. The summed E-state index contributed by atoms with van der Waals surface area (Å²) in [5.41, 5.74) is 0. The molecule has 0 aromatic rings. The van der Waals surface area contributed by atoms with Gasteiger partial charge in [0.2, 0.25) is 0 Å². The third-order valence-electron chi connectivity index (χ3n) is 0.894. The minimum absolute atomic E-state index is 0.219. The number of thioether (sulfide) groups is 2. The largest absolute Gasteiger partial charge is 0.288 e. The van der Waals surface area contributed by atoms with Gasteiger partial charge in [-0.05, 0) is 12.7 Å². The molecule has 3 heteroatoms. The van der Waals surface area contributed by atoms with Crippen molar-refractivity contribution in [2.45, 2.75) is 24.9 Å². The molecule has 0 saturated heterocycles. The zero-order valence-electron chi connectivity index (χ0n) is 6.01. The Hall–Kier alpha value is 0.370. The molecule has 54 valence electrons. The molecule has 0 saturated carbocycles. The molecule has 0 aliphatic rings. The first-order valence-electron chi connectivity index (χ1n) is 2.90. The molecule has 0 aromatic heterocycles. The van der Waals surface area contributed by atoms with E-state index in [1.54, 1.807) is 18.7 Å². The van der Waals surface area contributed by atoms with Gasteiger partial charge in [-0.25, -0.2) is 0 Å². The van der Waals surface area contributed by atoms with Crippen molar-refractivity contribution in [3.63, 3.8) is 0 Å². The highest BCUT2D eigenvalue weighted by Crippen LogP contribution is 2.24. The Bertz CT molecular complexity index is 89.1. The van der Waals surface area contributed by atoms with E-state index in [2.05, 4.69) is 6.92 Å². The Labute approximate surface area is 65.0 Å². The zero-order chi connectivity index (χ0) is 7.28. The molecule has 0 rings (SSSR count). The van der Waals surface area contributed by atoms with Crippen molar-refractivity contribution >= 4 is 28.6 Å². The summed E-state index contributed by atoms with van der Waals surface area (Å²) >= 11 is 3.16. The Morgan fingerprint density at radius 3 is 2.33 bits per heavy atom. The van der Waals surface area contributed by atoms with E-state index in [1.165, 1.54) is 11.8 Å². The van der Waals surface area contributed by atoms with Gasteiger partial charge in [-0.1, -0.05) is 18.7 Å². The van der Waals surface area contributed by atoms with Crippen molar-refractivity contribution in [3.05, 3.63) is 0 Å². The third-order valence-corrected chi connectivity index (χ3v) is 3.55. The lowest BCUT2D eigenvalue weighted by Gasteiger charge is -2.06. The van der Waals surface area contributed by atoms with Crippen molar-refractivity contribution in [1.82, 2.24) is 0 Å². The van der Waals surface area contributed by atoms with Crippen LogP contribution in [0.25, 0.3) is 0 Å². The molecule has 0 bridgehead atoms. The van der Waals surface area contributed by atoms with Crippen molar-refractivity contribution in [2.75, 3.05) is 6.26 Å². The van der Waals surface area contributed by atoms with Crippen LogP contribution in [-0.4, -0.2) is 16.0 Å². The molecule has 0 aliphatic heterocycles. The molecule has 0 N–H and O–H groups in total. The van der Waals surface area contributed by atoms with Crippen LogP contribution in [0, 0.1) is 0 Å². The van der Waals surface area contributed by atoms with E-state index in [0.29, 0.717) is 4.58 Å². The maximum absolute atomic E-state index is 10.5. The van der Waals surface area contributed by atoms with Gasteiger partial charge in [0.1, 0.15) is 0 Å². The second kappa shape index (κ2) is 5.18. The highest BCUT2D eigenvalue weighted by Gasteiger charge is 2.05. The lowest BCUT2D eigenvalue weighted by Crippen LogP contribution is -1.96. The summed E-state index contributed by atoms with van der Waals surface area (Å²) < 4.78 is 0.461. The Kier molecular flexibility index (Phi) is 5.39. The van der Waals surface area contributed by atoms with E-state index in [1.807, 2.05) is 6.26 Å². The van der Waals surface area contributed by atoms with E-state index in [0.717, 1.165) is 6.42 Å². The number of hydrogen-bond donors (Lipinski definition) is 0. The second-order valence-electron chi connectivity index (χ2n) is 1.68. The van der Waals surface area contributed by atoms with Crippen LogP contribution in [0.3, 0.4) is 0 Å². The molecule has 1 unspecified atom stereocenters. The second-order valence-corrected chi connectivity index (χ2v) is 4.40. The highest BCUT2D eigenvalue weighted by molar-refractivity contribution is 8.24. The van der Waals surface area contributed by atoms with Crippen LogP contribution in [0.2, 0.25) is 0 Å². The lowest BCUT2D eigenvalue weighted by molar-refractivity contribution is -0.109. The molecule has 0 fully saturated rings. The van der Waals surface area contributed by atoms with Gasteiger partial charge in [0, 0.05) is 6.92 Å². The Morgan fingerprint density at radius 1 is 1.67 bits per heavy atom. The maximum Gasteiger partial charge on any atom is 0.186 e. The summed E-state index contributed by atoms with van der Waals surface area (Å²) in [6, 6.07) is 0. The summed E-state index contributed by atoms with van der Waals surface area (Å²) in [4.78, 5) is 10.5. The smallest absolute Gasteiger partial charge is 0.186 e. The summed E-state index contributed by atoms with van der Waals surface area (Å²) in [5.74, 6) is 0. The van der Waals surface area contributed by atoms with E-state index in [-0.39, 0.29) is 5.12 Å². The summed E-state index contributed by atoms with van der Waals surface area (Å²) in [6.07, 6.45) is 3.09. The number of hydrogen-bond acceptors (Lipinski definition) is 3. The van der Waals surface area contributed by atoms with E-state index < -0.39 is 0 Å². The molecule has 0 aromatic carbocycles. The molecule has 9 heavy (non-hydrogen) atoms. The monoisotopic (exact) mass is 164 g/mol. The number of carbonyl (C=O) groups excluding carboxylic acids is 1. The maximum atomic E-state index is 10.5. The van der Waals surface area contributed by atoms with Crippen molar-refractivity contribution in [1.29, 1.82) is 0 Å². The average molecular weight is 164 g/mol. The van der Waals surface area contributed by atoms with Gasteiger partial charge in [0.25, 0.3) is 0 Å². The molecule has 0 heterocycles. The molecule has 0 amide bonds. The normalized spacial score (nSPS) is 13.2. The van der Waals surface area contributed by atoms with E-state index >= 15 is 0 Å². The quantitative estimate of drug-likeness (QED) is 0.596. The fourth-order valence-corrected chi connectivity index (χ4v) is 2.14. The lowest BCUT2D eigenvalue weighted by atomic mass is 10.6. The summed E-state index contributed by atoms with van der Waals surface area (Å²) in [7, 11) is 0. The van der Waals surface area contributed by atoms with Crippen LogP contribution in [0.4, 0.5) is 0 Å². The molecular formula is C6H12OS2.